The van der Waals surface area contributed by atoms with Gasteiger partial charge in [0.25, 0.3) is 0 Å². The molecule has 0 bridgehead atoms. The molecule has 36 heavy (non-hydrogen) atoms. The lowest BCUT2D eigenvalue weighted by atomic mass is 10.2. The zero-order valence-electron chi connectivity index (χ0n) is 20.1. The van der Waals surface area contributed by atoms with Gasteiger partial charge in [0.2, 0.25) is 11.8 Å². The van der Waals surface area contributed by atoms with Gasteiger partial charge in [-0.1, -0.05) is 42.5 Å². The van der Waals surface area contributed by atoms with E-state index in [1.165, 1.54) is 11.6 Å². The van der Waals surface area contributed by atoms with Crippen molar-refractivity contribution in [2.45, 2.75) is 6.42 Å². The molecule has 3 aromatic rings. The molecule has 2 amide bonds. The van der Waals surface area contributed by atoms with E-state index in [-0.39, 0.29) is 30.8 Å². The molecule has 1 aliphatic heterocycles. The van der Waals surface area contributed by atoms with Crippen molar-refractivity contribution in [3.63, 3.8) is 0 Å². The Morgan fingerprint density at radius 3 is 2.25 bits per heavy atom. The Labute approximate surface area is 210 Å². The molecule has 4 rings (SSSR count). The molecular weight excluding hydrogens is 461 g/mol. The minimum Gasteiger partial charge on any atom is -0.493 e. The summed E-state index contributed by atoms with van der Waals surface area (Å²) < 4.78 is 25.1. The molecule has 188 valence electrons. The van der Waals surface area contributed by atoms with Crippen LogP contribution in [0.3, 0.4) is 0 Å². The highest BCUT2D eigenvalue weighted by atomic mass is 19.1. The number of anilines is 2. The normalized spacial score (nSPS) is 13.4. The second-order valence-corrected chi connectivity index (χ2v) is 8.47. The molecular formula is C28H30FN3O4. The van der Waals surface area contributed by atoms with E-state index in [2.05, 4.69) is 17.4 Å². The van der Waals surface area contributed by atoms with Crippen LogP contribution in [0.4, 0.5) is 15.8 Å². The van der Waals surface area contributed by atoms with E-state index in [1.807, 2.05) is 23.1 Å². The van der Waals surface area contributed by atoms with Gasteiger partial charge in [-0.2, -0.15) is 0 Å². The number of piperazine rings is 1. The van der Waals surface area contributed by atoms with Crippen molar-refractivity contribution in [3.05, 3.63) is 90.2 Å². The van der Waals surface area contributed by atoms with Crippen molar-refractivity contribution in [2.75, 3.05) is 56.2 Å². The number of carbonyl (C=O) groups is 2. The third-order valence-electron chi connectivity index (χ3n) is 5.92. The van der Waals surface area contributed by atoms with E-state index >= 15 is 0 Å². The fourth-order valence-corrected chi connectivity index (χ4v) is 3.99. The topological polar surface area (TPSA) is 71.1 Å². The fraction of sp³-hybridized carbons (Fsp3) is 0.286. The highest BCUT2D eigenvalue weighted by Crippen LogP contribution is 2.20. The van der Waals surface area contributed by atoms with Crippen LogP contribution in [0.25, 0.3) is 0 Å². The fourth-order valence-electron chi connectivity index (χ4n) is 3.99. The van der Waals surface area contributed by atoms with Crippen molar-refractivity contribution < 1.29 is 23.5 Å². The molecule has 7 nitrogen and oxygen atoms in total. The van der Waals surface area contributed by atoms with E-state index in [0.717, 1.165) is 12.2 Å². The maximum Gasteiger partial charge on any atom is 0.250 e. The van der Waals surface area contributed by atoms with Crippen molar-refractivity contribution >= 4 is 23.2 Å². The largest absolute Gasteiger partial charge is 0.493 e. The molecule has 0 radical (unpaired) electrons. The molecule has 0 aromatic heterocycles. The first-order chi connectivity index (χ1) is 17.6. The van der Waals surface area contributed by atoms with Gasteiger partial charge in [0.15, 0.2) is 0 Å². The van der Waals surface area contributed by atoms with Crippen LogP contribution in [0.1, 0.15) is 5.56 Å². The molecule has 3 aromatic carbocycles. The lowest BCUT2D eigenvalue weighted by molar-refractivity contribution is -0.137. The molecule has 0 saturated carbocycles. The van der Waals surface area contributed by atoms with Gasteiger partial charge in [0.05, 0.1) is 12.3 Å². The van der Waals surface area contributed by atoms with Gasteiger partial charge in [0.1, 0.15) is 24.8 Å². The van der Waals surface area contributed by atoms with Crippen LogP contribution in [0.15, 0.2) is 78.9 Å². The number of benzene rings is 3. The minimum atomic E-state index is -0.343. The first-order valence-electron chi connectivity index (χ1n) is 12.0. The number of amides is 2. The number of nitrogens with one attached hydrogen (secondary N) is 1. The molecule has 1 heterocycles. The van der Waals surface area contributed by atoms with E-state index in [1.54, 1.807) is 47.4 Å². The lowest BCUT2D eigenvalue weighted by Gasteiger charge is -2.36. The summed E-state index contributed by atoms with van der Waals surface area (Å²) in [6.45, 7) is 2.19. The van der Waals surface area contributed by atoms with Gasteiger partial charge in [0, 0.05) is 38.3 Å². The number of halogens is 1. The third kappa shape index (κ3) is 7.29. The molecule has 0 atom stereocenters. The molecule has 1 aliphatic rings. The van der Waals surface area contributed by atoms with Gasteiger partial charge < -0.3 is 24.6 Å². The Balaban J connectivity index is 1.12. The first kappa shape index (κ1) is 25.2. The highest BCUT2D eigenvalue weighted by Gasteiger charge is 2.22. The van der Waals surface area contributed by atoms with Crippen LogP contribution in [-0.2, 0) is 20.7 Å². The summed E-state index contributed by atoms with van der Waals surface area (Å²) in [6.07, 6.45) is 0.816. The number of para-hydroxylation sites is 1. The Bertz CT molecular complexity index is 1130. The molecule has 8 heteroatoms. The van der Waals surface area contributed by atoms with Crippen molar-refractivity contribution in [3.8, 4) is 5.75 Å². The Hall–Kier alpha value is -3.91. The number of nitrogens with zero attached hydrogens (tertiary/aromatic N) is 2. The van der Waals surface area contributed by atoms with E-state index in [9.17, 15) is 14.0 Å². The summed E-state index contributed by atoms with van der Waals surface area (Å²) in [5.41, 5.74) is 2.38. The predicted molar refractivity (Wildman–Crippen MR) is 137 cm³/mol. The van der Waals surface area contributed by atoms with Crippen LogP contribution >= 0.6 is 0 Å². The molecule has 0 unspecified atom stereocenters. The average molecular weight is 492 g/mol. The predicted octanol–water partition coefficient (Wildman–Crippen LogP) is 3.75. The number of rotatable bonds is 10. The minimum absolute atomic E-state index is 0.179. The SMILES string of the molecule is O=C(COCC(=O)N1CCN(c2ccccc2F)CC1)Nc1ccc(OCCc2ccccc2)cc1. The number of hydrogen-bond acceptors (Lipinski definition) is 5. The lowest BCUT2D eigenvalue weighted by Crippen LogP contribution is -2.50. The van der Waals surface area contributed by atoms with Crippen molar-refractivity contribution in [1.29, 1.82) is 0 Å². The molecule has 1 saturated heterocycles. The van der Waals surface area contributed by atoms with Gasteiger partial charge in [-0.3, -0.25) is 9.59 Å². The third-order valence-corrected chi connectivity index (χ3v) is 5.92. The summed E-state index contributed by atoms with van der Waals surface area (Å²) in [7, 11) is 0. The standard InChI is InChI=1S/C28H30FN3O4/c29-25-8-4-5-9-26(25)31-15-17-32(18-16-31)28(34)21-35-20-27(33)30-23-10-12-24(13-11-23)36-19-14-22-6-2-1-3-7-22/h1-13H,14-21H2,(H,30,33). The van der Waals surface area contributed by atoms with Gasteiger partial charge in [-0.25, -0.2) is 4.39 Å². The highest BCUT2D eigenvalue weighted by molar-refractivity contribution is 5.92. The van der Waals surface area contributed by atoms with E-state index in [4.69, 9.17) is 9.47 Å². The number of ether oxygens (including phenoxy) is 2. The zero-order valence-corrected chi connectivity index (χ0v) is 20.1. The van der Waals surface area contributed by atoms with E-state index in [0.29, 0.717) is 44.2 Å². The first-order valence-corrected chi connectivity index (χ1v) is 12.0. The molecule has 1 N–H and O–H groups in total. The monoisotopic (exact) mass is 491 g/mol. The van der Waals surface area contributed by atoms with Gasteiger partial charge in [-0.15, -0.1) is 0 Å². The van der Waals surface area contributed by atoms with Crippen LogP contribution in [0.5, 0.6) is 5.75 Å². The van der Waals surface area contributed by atoms with Crippen LogP contribution in [0, 0.1) is 5.82 Å². The maximum absolute atomic E-state index is 14.0. The molecule has 1 fully saturated rings. The summed E-state index contributed by atoms with van der Waals surface area (Å²) in [5, 5.41) is 2.75. The van der Waals surface area contributed by atoms with Crippen LogP contribution < -0.4 is 15.0 Å². The van der Waals surface area contributed by atoms with Crippen molar-refractivity contribution in [2.24, 2.45) is 0 Å². The van der Waals surface area contributed by atoms with E-state index < -0.39 is 0 Å². The second kappa shape index (κ2) is 12.7. The summed E-state index contributed by atoms with van der Waals surface area (Å²) >= 11 is 0. The Kier molecular flexibility index (Phi) is 8.88. The quantitative estimate of drug-likeness (QED) is 0.468. The smallest absolute Gasteiger partial charge is 0.250 e. The molecule has 0 aliphatic carbocycles. The number of hydrogen-bond donors (Lipinski definition) is 1. The zero-order chi connectivity index (χ0) is 25.2. The Morgan fingerprint density at radius 1 is 0.833 bits per heavy atom. The van der Waals surface area contributed by atoms with Gasteiger partial charge >= 0.3 is 0 Å². The van der Waals surface area contributed by atoms with Crippen molar-refractivity contribution in [1.82, 2.24) is 4.90 Å². The summed E-state index contributed by atoms with van der Waals surface area (Å²) in [5.74, 6) is -0.0735. The number of carbonyl (C=O) groups excluding carboxylic acids is 2. The molecule has 0 spiro atoms. The average Bonchev–Trinajstić information content (AvgIpc) is 2.91. The van der Waals surface area contributed by atoms with Crippen LogP contribution in [0.2, 0.25) is 0 Å². The van der Waals surface area contributed by atoms with Gasteiger partial charge in [-0.05, 0) is 42.0 Å². The van der Waals surface area contributed by atoms with Crippen LogP contribution in [-0.4, -0.2) is 62.7 Å². The maximum atomic E-state index is 14.0. The second-order valence-electron chi connectivity index (χ2n) is 8.47. The summed E-state index contributed by atoms with van der Waals surface area (Å²) in [6, 6.07) is 23.8. The Morgan fingerprint density at radius 2 is 1.53 bits per heavy atom. The summed E-state index contributed by atoms with van der Waals surface area (Å²) in [4.78, 5) is 28.2.